The Morgan fingerprint density at radius 2 is 1.79 bits per heavy atom. The van der Waals surface area contributed by atoms with Crippen molar-refractivity contribution in [3.8, 4) is 0 Å². The zero-order chi connectivity index (χ0) is 20.1. The van der Waals surface area contributed by atoms with Gasteiger partial charge >= 0.3 is 5.97 Å². The monoisotopic (exact) mass is 375 g/mol. The van der Waals surface area contributed by atoms with E-state index in [0.717, 1.165) is 33.2 Å². The lowest BCUT2D eigenvalue weighted by atomic mass is 9.94. The van der Waals surface area contributed by atoms with E-state index in [1.165, 1.54) is 0 Å². The Labute approximate surface area is 165 Å². The molecule has 0 saturated carbocycles. The van der Waals surface area contributed by atoms with Gasteiger partial charge in [-0.05, 0) is 60.2 Å². The smallest absolute Gasteiger partial charge is 0.303 e. The van der Waals surface area contributed by atoms with Crippen LogP contribution in [0.5, 0.6) is 0 Å². The zero-order valence-corrected chi connectivity index (χ0v) is 16.2. The summed E-state index contributed by atoms with van der Waals surface area (Å²) in [5.41, 5.74) is 3.78. The predicted octanol–water partition coefficient (Wildman–Crippen LogP) is 5.30. The van der Waals surface area contributed by atoms with Crippen molar-refractivity contribution in [2.24, 2.45) is 0 Å². The number of nitrogens with one attached hydrogen (secondary N) is 1. The molecule has 0 fully saturated rings. The first kappa shape index (κ1) is 19.6. The molecule has 28 heavy (non-hydrogen) atoms. The van der Waals surface area contributed by atoms with Crippen LogP contribution in [0.3, 0.4) is 0 Å². The largest absolute Gasteiger partial charge is 0.481 e. The summed E-state index contributed by atoms with van der Waals surface area (Å²) in [6.07, 6.45) is 1.28. The lowest BCUT2D eigenvalue weighted by Crippen LogP contribution is -2.20. The molecule has 0 aromatic heterocycles. The fourth-order valence-electron chi connectivity index (χ4n) is 3.46. The molecule has 0 aliphatic heterocycles. The van der Waals surface area contributed by atoms with Crippen molar-refractivity contribution in [2.45, 2.75) is 39.0 Å². The topological polar surface area (TPSA) is 66.4 Å². The number of aliphatic carboxylic acids is 1. The number of rotatable bonds is 7. The average Bonchev–Trinajstić information content (AvgIpc) is 2.68. The third kappa shape index (κ3) is 4.58. The highest BCUT2D eigenvalue weighted by Gasteiger charge is 2.18. The van der Waals surface area contributed by atoms with E-state index in [1.54, 1.807) is 0 Å². The molecule has 2 N–H and O–H groups in total. The van der Waals surface area contributed by atoms with E-state index in [9.17, 15) is 9.59 Å². The molecule has 1 atom stereocenters. The molecule has 4 heteroatoms. The Morgan fingerprint density at radius 1 is 1.04 bits per heavy atom. The van der Waals surface area contributed by atoms with Gasteiger partial charge in [0, 0.05) is 12.1 Å². The molecule has 3 rings (SSSR count). The Morgan fingerprint density at radius 3 is 2.57 bits per heavy atom. The normalized spacial score (nSPS) is 11.9. The Kier molecular flexibility index (Phi) is 6.09. The van der Waals surface area contributed by atoms with Gasteiger partial charge < -0.3 is 10.4 Å². The second-order valence-electron chi connectivity index (χ2n) is 7.19. The van der Waals surface area contributed by atoms with Crippen LogP contribution >= 0.6 is 0 Å². The van der Waals surface area contributed by atoms with Crippen molar-refractivity contribution in [2.75, 3.05) is 5.32 Å². The molecule has 0 radical (unpaired) electrons. The number of carbonyl (C=O) groups excluding carboxylic acids is 1. The molecular formula is C24H25NO3. The molecule has 4 nitrogen and oxygen atoms in total. The van der Waals surface area contributed by atoms with Gasteiger partial charge in [0.2, 0.25) is 5.91 Å². The number of benzene rings is 3. The number of anilines is 1. The summed E-state index contributed by atoms with van der Waals surface area (Å²) < 4.78 is 0. The maximum Gasteiger partial charge on any atom is 0.303 e. The molecule has 144 valence electrons. The highest BCUT2D eigenvalue weighted by atomic mass is 16.4. The van der Waals surface area contributed by atoms with E-state index in [2.05, 4.69) is 5.32 Å². The minimum Gasteiger partial charge on any atom is -0.481 e. The van der Waals surface area contributed by atoms with Crippen LogP contribution in [-0.4, -0.2) is 17.0 Å². The fraction of sp³-hybridized carbons (Fsp3) is 0.250. The second-order valence-corrected chi connectivity index (χ2v) is 7.19. The number of carbonyl (C=O) groups is 2. The number of carboxylic acids is 1. The third-order valence-corrected chi connectivity index (χ3v) is 5.04. The summed E-state index contributed by atoms with van der Waals surface area (Å²) in [5, 5.41) is 14.1. The fourth-order valence-corrected chi connectivity index (χ4v) is 3.46. The van der Waals surface area contributed by atoms with Crippen molar-refractivity contribution in [1.82, 2.24) is 0 Å². The molecule has 1 unspecified atom stereocenters. The molecule has 0 spiro atoms. The van der Waals surface area contributed by atoms with Gasteiger partial charge in [-0.2, -0.15) is 0 Å². The second kappa shape index (κ2) is 8.70. The van der Waals surface area contributed by atoms with Gasteiger partial charge in [0.25, 0.3) is 0 Å². The molecule has 0 aliphatic carbocycles. The number of hydrogen-bond acceptors (Lipinski definition) is 2. The van der Waals surface area contributed by atoms with Gasteiger partial charge in [-0.25, -0.2) is 0 Å². The summed E-state index contributed by atoms with van der Waals surface area (Å²) in [7, 11) is 0. The summed E-state index contributed by atoms with van der Waals surface area (Å²) >= 11 is 0. The van der Waals surface area contributed by atoms with Gasteiger partial charge in [-0.1, -0.05) is 54.6 Å². The number of hydrogen-bond donors (Lipinski definition) is 2. The van der Waals surface area contributed by atoms with Crippen molar-refractivity contribution >= 4 is 28.3 Å². The molecule has 3 aromatic rings. The van der Waals surface area contributed by atoms with Crippen LogP contribution in [0.1, 0.15) is 42.4 Å². The Hall–Kier alpha value is -3.14. The van der Waals surface area contributed by atoms with Gasteiger partial charge in [0.05, 0.1) is 5.92 Å². The van der Waals surface area contributed by atoms with Crippen molar-refractivity contribution < 1.29 is 14.7 Å². The van der Waals surface area contributed by atoms with E-state index >= 15 is 0 Å². The van der Waals surface area contributed by atoms with Crippen LogP contribution in [0.4, 0.5) is 5.69 Å². The molecule has 0 heterocycles. The van der Waals surface area contributed by atoms with Crippen molar-refractivity contribution in [3.63, 3.8) is 0 Å². The molecule has 3 aromatic carbocycles. The van der Waals surface area contributed by atoms with Gasteiger partial charge in [-0.3, -0.25) is 9.59 Å². The van der Waals surface area contributed by atoms with E-state index in [0.29, 0.717) is 12.8 Å². The SMILES string of the molecule is Cc1ccc(CCCC(=O)O)c(NC(=O)C(C)c2cccc3ccccc23)c1. The molecule has 1 amide bonds. The van der Waals surface area contributed by atoms with Gasteiger partial charge in [0.15, 0.2) is 0 Å². The highest BCUT2D eigenvalue weighted by molar-refractivity contribution is 5.99. The first-order chi connectivity index (χ1) is 13.5. The van der Waals surface area contributed by atoms with Crippen LogP contribution < -0.4 is 5.32 Å². The number of carboxylic acid groups (broad SMARTS) is 1. The summed E-state index contributed by atoms with van der Waals surface area (Å²) in [4.78, 5) is 23.8. The quantitative estimate of drug-likeness (QED) is 0.589. The Balaban J connectivity index is 1.82. The van der Waals surface area contributed by atoms with Crippen molar-refractivity contribution in [3.05, 3.63) is 77.4 Å². The minimum atomic E-state index is -0.803. The van der Waals surface area contributed by atoms with Gasteiger partial charge in [-0.15, -0.1) is 0 Å². The average molecular weight is 375 g/mol. The zero-order valence-electron chi connectivity index (χ0n) is 16.2. The number of amides is 1. The van der Waals surface area contributed by atoms with Crippen LogP contribution in [0.25, 0.3) is 10.8 Å². The van der Waals surface area contributed by atoms with Gasteiger partial charge in [0.1, 0.15) is 0 Å². The minimum absolute atomic E-state index is 0.0681. The lowest BCUT2D eigenvalue weighted by Gasteiger charge is -2.17. The predicted molar refractivity (Wildman–Crippen MR) is 113 cm³/mol. The van der Waals surface area contributed by atoms with Crippen LogP contribution in [-0.2, 0) is 16.0 Å². The highest BCUT2D eigenvalue weighted by Crippen LogP contribution is 2.28. The first-order valence-electron chi connectivity index (χ1n) is 9.55. The van der Waals surface area contributed by atoms with E-state index < -0.39 is 5.97 Å². The number of aryl methyl sites for hydroxylation is 2. The maximum atomic E-state index is 13.0. The van der Waals surface area contributed by atoms with E-state index in [-0.39, 0.29) is 18.2 Å². The lowest BCUT2D eigenvalue weighted by molar-refractivity contribution is -0.137. The maximum absolute atomic E-state index is 13.0. The summed E-state index contributed by atoms with van der Waals surface area (Å²) in [5.74, 6) is -1.18. The summed E-state index contributed by atoms with van der Waals surface area (Å²) in [6.45, 7) is 3.89. The molecule has 0 saturated heterocycles. The standard InChI is InChI=1S/C24H25NO3/c1-16-13-14-19(9-6-12-23(26)27)22(15-16)25-24(28)17(2)20-11-5-8-18-7-3-4-10-21(18)20/h3-5,7-8,10-11,13-15,17H,6,9,12H2,1-2H3,(H,25,28)(H,26,27). The Bertz CT molecular complexity index is 1000. The summed E-state index contributed by atoms with van der Waals surface area (Å²) in [6, 6.07) is 20.0. The van der Waals surface area contributed by atoms with E-state index in [4.69, 9.17) is 5.11 Å². The van der Waals surface area contributed by atoms with Crippen LogP contribution in [0.15, 0.2) is 60.7 Å². The first-order valence-corrected chi connectivity index (χ1v) is 9.55. The van der Waals surface area contributed by atoms with Crippen LogP contribution in [0.2, 0.25) is 0 Å². The molecule has 0 aliphatic rings. The molecule has 0 bridgehead atoms. The third-order valence-electron chi connectivity index (χ3n) is 5.04. The molecular weight excluding hydrogens is 350 g/mol. The number of fused-ring (bicyclic) bond motifs is 1. The van der Waals surface area contributed by atoms with E-state index in [1.807, 2.05) is 74.5 Å². The van der Waals surface area contributed by atoms with Crippen LogP contribution in [0, 0.1) is 6.92 Å². The van der Waals surface area contributed by atoms with Crippen molar-refractivity contribution in [1.29, 1.82) is 0 Å².